The molecule has 0 aromatic heterocycles. The van der Waals surface area contributed by atoms with Crippen molar-refractivity contribution >= 4 is 5.97 Å². The zero-order valence-corrected chi connectivity index (χ0v) is 22.5. The van der Waals surface area contributed by atoms with Crippen molar-refractivity contribution in [1.29, 1.82) is 0 Å². The zero-order chi connectivity index (χ0) is 23.8. The number of carbonyl (C=O) groups is 1. The van der Waals surface area contributed by atoms with E-state index in [1.165, 1.54) is 135 Å². The van der Waals surface area contributed by atoms with Gasteiger partial charge in [0.05, 0.1) is 5.41 Å². The summed E-state index contributed by atoms with van der Waals surface area (Å²) < 4.78 is 0. The van der Waals surface area contributed by atoms with Crippen molar-refractivity contribution < 1.29 is 9.90 Å². The monoisotopic (exact) mass is 452 g/mol. The molecule has 0 rings (SSSR count). The summed E-state index contributed by atoms with van der Waals surface area (Å²) in [6.45, 7) is 6.54. The molecule has 0 radical (unpaired) electrons. The lowest BCUT2D eigenvalue weighted by atomic mass is 9.80. The van der Waals surface area contributed by atoms with Crippen molar-refractivity contribution in [1.82, 2.24) is 0 Å². The summed E-state index contributed by atoms with van der Waals surface area (Å²) in [5.41, 5.74) is -0.502. The van der Waals surface area contributed by atoms with Crippen molar-refractivity contribution in [2.24, 2.45) is 5.41 Å². The summed E-state index contributed by atoms with van der Waals surface area (Å²) in [5, 5.41) is 9.77. The molecule has 1 unspecified atom stereocenters. The van der Waals surface area contributed by atoms with Crippen LogP contribution in [0.2, 0.25) is 0 Å². The topological polar surface area (TPSA) is 37.3 Å². The van der Waals surface area contributed by atoms with Crippen LogP contribution in [0.25, 0.3) is 0 Å². The maximum atomic E-state index is 11.9. The Morgan fingerprint density at radius 3 is 0.906 bits per heavy atom. The first-order valence-corrected chi connectivity index (χ1v) is 14.8. The molecule has 0 aliphatic rings. The fourth-order valence-electron chi connectivity index (χ4n) is 4.87. The van der Waals surface area contributed by atoms with Gasteiger partial charge in [0, 0.05) is 0 Å². The third-order valence-electron chi connectivity index (χ3n) is 7.43. The van der Waals surface area contributed by atoms with Gasteiger partial charge in [-0.2, -0.15) is 0 Å². The van der Waals surface area contributed by atoms with Crippen LogP contribution in [0, 0.1) is 5.41 Å². The van der Waals surface area contributed by atoms with Gasteiger partial charge in [-0.25, -0.2) is 0 Å². The Morgan fingerprint density at radius 1 is 0.469 bits per heavy atom. The lowest BCUT2D eigenvalue weighted by Gasteiger charge is -2.24. The van der Waals surface area contributed by atoms with Crippen molar-refractivity contribution in [3.8, 4) is 0 Å². The first-order chi connectivity index (χ1) is 15.6. The number of unbranched alkanes of at least 4 members (excludes halogenated alkanes) is 21. The van der Waals surface area contributed by atoms with Crippen LogP contribution in [0.3, 0.4) is 0 Å². The van der Waals surface area contributed by atoms with E-state index >= 15 is 0 Å². The van der Waals surface area contributed by atoms with E-state index in [4.69, 9.17) is 0 Å². The van der Waals surface area contributed by atoms with E-state index in [-0.39, 0.29) is 0 Å². The Bertz CT molecular complexity index is 392. The van der Waals surface area contributed by atoms with Crippen LogP contribution in [0.15, 0.2) is 0 Å². The number of hydrogen-bond acceptors (Lipinski definition) is 1. The van der Waals surface area contributed by atoms with E-state index < -0.39 is 11.4 Å². The molecule has 0 aliphatic heterocycles. The molecule has 0 spiro atoms. The number of carboxylic acids is 1. The van der Waals surface area contributed by atoms with Crippen molar-refractivity contribution in [2.45, 2.75) is 181 Å². The Hall–Kier alpha value is -0.530. The van der Waals surface area contributed by atoms with E-state index in [2.05, 4.69) is 13.8 Å². The molecule has 1 N–H and O–H groups in total. The number of aliphatic carboxylic acids is 1. The lowest BCUT2D eigenvalue weighted by Crippen LogP contribution is -2.27. The van der Waals surface area contributed by atoms with Gasteiger partial charge in [-0.1, -0.05) is 162 Å². The molecule has 2 heteroatoms. The van der Waals surface area contributed by atoms with Crippen LogP contribution in [-0.2, 0) is 4.79 Å². The largest absolute Gasteiger partial charge is 0.481 e. The Labute approximate surface area is 202 Å². The summed E-state index contributed by atoms with van der Waals surface area (Å²) in [6, 6.07) is 0. The van der Waals surface area contributed by atoms with Gasteiger partial charge in [-0.3, -0.25) is 4.79 Å². The number of carboxylic acid groups (broad SMARTS) is 1. The fraction of sp³-hybridized carbons (Fsp3) is 0.967. The predicted octanol–water partition coefficient (Wildman–Crippen LogP) is 10.9. The summed E-state index contributed by atoms with van der Waals surface area (Å²) in [4.78, 5) is 11.9. The highest BCUT2D eigenvalue weighted by atomic mass is 16.4. The molecule has 0 aromatic rings. The Balaban J connectivity index is 3.60. The maximum Gasteiger partial charge on any atom is 0.309 e. The van der Waals surface area contributed by atoms with Gasteiger partial charge in [-0.15, -0.1) is 0 Å². The molecule has 0 saturated carbocycles. The molecule has 0 fully saturated rings. The first-order valence-electron chi connectivity index (χ1n) is 14.8. The molecule has 0 bridgehead atoms. The molecule has 0 aromatic carbocycles. The molecule has 1 atom stereocenters. The molecule has 0 aliphatic carbocycles. The minimum Gasteiger partial charge on any atom is -0.481 e. The van der Waals surface area contributed by atoms with Gasteiger partial charge in [0.2, 0.25) is 0 Å². The first kappa shape index (κ1) is 31.5. The maximum absolute atomic E-state index is 11.9. The molecule has 2 nitrogen and oxygen atoms in total. The van der Waals surface area contributed by atoms with E-state index in [0.29, 0.717) is 0 Å². The van der Waals surface area contributed by atoms with E-state index in [0.717, 1.165) is 25.7 Å². The third-order valence-corrected chi connectivity index (χ3v) is 7.43. The minimum atomic E-state index is -0.577. The second-order valence-corrected chi connectivity index (χ2v) is 10.8. The van der Waals surface area contributed by atoms with Crippen LogP contribution in [0.1, 0.15) is 181 Å². The average Bonchev–Trinajstić information content (AvgIpc) is 2.78. The van der Waals surface area contributed by atoms with Crippen molar-refractivity contribution in [3.05, 3.63) is 0 Å². The Morgan fingerprint density at radius 2 is 0.688 bits per heavy atom. The lowest BCUT2D eigenvalue weighted by molar-refractivity contribution is -0.149. The van der Waals surface area contributed by atoms with Crippen LogP contribution in [-0.4, -0.2) is 11.1 Å². The quantitative estimate of drug-likeness (QED) is 0.132. The second-order valence-electron chi connectivity index (χ2n) is 10.8. The summed E-state index contributed by atoms with van der Waals surface area (Å²) in [7, 11) is 0. The van der Waals surface area contributed by atoms with Gasteiger partial charge in [0.25, 0.3) is 0 Å². The van der Waals surface area contributed by atoms with Crippen LogP contribution < -0.4 is 0 Å². The van der Waals surface area contributed by atoms with Crippen LogP contribution >= 0.6 is 0 Å². The normalized spacial score (nSPS) is 13.3. The summed E-state index contributed by atoms with van der Waals surface area (Å²) in [5.74, 6) is -0.577. The highest BCUT2D eigenvalue weighted by Crippen LogP contribution is 2.32. The summed E-state index contributed by atoms with van der Waals surface area (Å²) in [6.07, 6.45) is 32.3. The minimum absolute atomic E-state index is 0.502. The van der Waals surface area contributed by atoms with Crippen molar-refractivity contribution in [3.63, 3.8) is 0 Å². The second kappa shape index (κ2) is 23.6. The zero-order valence-electron chi connectivity index (χ0n) is 22.5. The molecular formula is C30H60O2. The van der Waals surface area contributed by atoms with Crippen LogP contribution in [0.5, 0.6) is 0 Å². The molecule has 0 heterocycles. The summed E-state index contributed by atoms with van der Waals surface area (Å²) >= 11 is 0. The van der Waals surface area contributed by atoms with Gasteiger partial charge >= 0.3 is 5.97 Å². The fourth-order valence-corrected chi connectivity index (χ4v) is 4.87. The van der Waals surface area contributed by atoms with Gasteiger partial charge in [0.1, 0.15) is 0 Å². The highest BCUT2D eigenvalue weighted by Gasteiger charge is 2.31. The van der Waals surface area contributed by atoms with Crippen LogP contribution in [0.4, 0.5) is 0 Å². The SMILES string of the molecule is CCCCCCCCCCCCCCCC(C)(CCCCCCCCCCCC)C(=O)O. The molecule has 192 valence electrons. The smallest absolute Gasteiger partial charge is 0.309 e. The predicted molar refractivity (Wildman–Crippen MR) is 143 cm³/mol. The molecule has 0 saturated heterocycles. The number of hydrogen-bond donors (Lipinski definition) is 1. The standard InChI is InChI=1S/C30H60O2/c1-4-6-8-10-12-14-16-17-18-20-22-24-26-28-30(3,29(31)32)27-25-23-21-19-15-13-11-9-7-5-2/h4-28H2,1-3H3,(H,31,32). The average molecular weight is 453 g/mol. The van der Waals surface area contributed by atoms with E-state index in [9.17, 15) is 9.90 Å². The molecule has 0 amide bonds. The number of rotatable bonds is 26. The molecular weight excluding hydrogens is 392 g/mol. The van der Waals surface area contributed by atoms with Gasteiger partial charge < -0.3 is 5.11 Å². The third kappa shape index (κ3) is 20.1. The van der Waals surface area contributed by atoms with Gasteiger partial charge in [0.15, 0.2) is 0 Å². The highest BCUT2D eigenvalue weighted by molar-refractivity contribution is 5.74. The van der Waals surface area contributed by atoms with Crippen molar-refractivity contribution in [2.75, 3.05) is 0 Å². The van der Waals surface area contributed by atoms with Gasteiger partial charge in [-0.05, 0) is 19.8 Å². The van der Waals surface area contributed by atoms with E-state index in [1.807, 2.05) is 6.92 Å². The molecule has 32 heavy (non-hydrogen) atoms. The van der Waals surface area contributed by atoms with E-state index in [1.54, 1.807) is 0 Å². The Kier molecular flexibility index (Phi) is 23.2.